The van der Waals surface area contributed by atoms with Crippen molar-refractivity contribution in [2.24, 2.45) is 0 Å². The molecule has 0 unspecified atom stereocenters. The highest BCUT2D eigenvalue weighted by molar-refractivity contribution is 7.99. The number of nitriles is 1. The molecule has 4 nitrogen and oxygen atoms in total. The van der Waals surface area contributed by atoms with E-state index in [-0.39, 0.29) is 0 Å². The number of ether oxygens (including phenoxy) is 1. The van der Waals surface area contributed by atoms with Crippen LogP contribution in [0.25, 0.3) is 0 Å². The number of thioether (sulfide) groups is 1. The molecule has 5 heteroatoms. The van der Waals surface area contributed by atoms with Crippen LogP contribution in [0.1, 0.15) is 23.4 Å². The van der Waals surface area contributed by atoms with Crippen LogP contribution in [0.3, 0.4) is 0 Å². The Bertz CT molecular complexity index is 615. The van der Waals surface area contributed by atoms with E-state index in [0.717, 1.165) is 34.5 Å². The van der Waals surface area contributed by atoms with E-state index in [1.54, 1.807) is 23.9 Å². The molecule has 0 atom stereocenters. The van der Waals surface area contributed by atoms with Crippen molar-refractivity contribution >= 4 is 11.8 Å². The molecule has 21 heavy (non-hydrogen) atoms. The second-order valence-electron chi connectivity index (χ2n) is 4.62. The molecule has 0 aliphatic heterocycles. The lowest BCUT2D eigenvalue weighted by atomic mass is 10.2. The molecule has 2 aromatic rings. The number of benzene rings is 1. The Labute approximate surface area is 129 Å². The zero-order valence-corrected chi connectivity index (χ0v) is 13.0. The van der Waals surface area contributed by atoms with Gasteiger partial charge in [-0.1, -0.05) is 11.8 Å². The molecular formula is C16H17N3OS. The van der Waals surface area contributed by atoms with Gasteiger partial charge >= 0.3 is 0 Å². The lowest BCUT2D eigenvalue weighted by molar-refractivity contribution is 0.318. The summed E-state index contributed by atoms with van der Waals surface area (Å²) in [6.45, 7) is 4.60. The third-order valence-electron chi connectivity index (χ3n) is 2.73. The van der Waals surface area contributed by atoms with E-state index < -0.39 is 0 Å². The average Bonchev–Trinajstić information content (AvgIpc) is 2.46. The van der Waals surface area contributed by atoms with Crippen molar-refractivity contribution in [2.75, 3.05) is 12.4 Å². The third kappa shape index (κ3) is 5.09. The van der Waals surface area contributed by atoms with Crippen LogP contribution in [0.4, 0.5) is 0 Å². The lowest BCUT2D eigenvalue weighted by Crippen LogP contribution is -2.00. The normalized spacial score (nSPS) is 10.1. The van der Waals surface area contributed by atoms with E-state index in [9.17, 15) is 0 Å². The molecule has 0 radical (unpaired) electrons. The SMILES string of the molecule is Cc1cc(C)nc(SCCCOc2ccc(C#N)cc2)n1. The van der Waals surface area contributed by atoms with Crippen molar-refractivity contribution in [2.45, 2.75) is 25.4 Å². The number of hydrogen-bond acceptors (Lipinski definition) is 5. The molecule has 0 bridgehead atoms. The molecule has 0 saturated carbocycles. The Morgan fingerprint density at radius 1 is 1.14 bits per heavy atom. The maximum atomic E-state index is 8.72. The Morgan fingerprint density at radius 2 is 1.81 bits per heavy atom. The highest BCUT2D eigenvalue weighted by Crippen LogP contribution is 2.16. The zero-order chi connectivity index (χ0) is 15.1. The third-order valence-corrected chi connectivity index (χ3v) is 3.67. The highest BCUT2D eigenvalue weighted by atomic mass is 32.2. The number of hydrogen-bond donors (Lipinski definition) is 0. The molecule has 1 heterocycles. The summed E-state index contributed by atoms with van der Waals surface area (Å²) in [5.74, 6) is 1.71. The first-order chi connectivity index (χ1) is 10.2. The fourth-order valence-electron chi connectivity index (χ4n) is 1.80. The van der Waals surface area contributed by atoms with Crippen LogP contribution in [0.2, 0.25) is 0 Å². The quantitative estimate of drug-likeness (QED) is 0.464. The minimum Gasteiger partial charge on any atom is -0.494 e. The topological polar surface area (TPSA) is 58.8 Å². The fraction of sp³-hybridized carbons (Fsp3) is 0.312. The number of aromatic nitrogens is 2. The first kappa shape index (κ1) is 15.3. The summed E-state index contributed by atoms with van der Waals surface area (Å²) in [6, 6.07) is 11.2. The summed E-state index contributed by atoms with van der Waals surface area (Å²) in [4.78, 5) is 8.78. The average molecular weight is 299 g/mol. The maximum absolute atomic E-state index is 8.72. The van der Waals surface area contributed by atoms with Crippen molar-refractivity contribution in [3.63, 3.8) is 0 Å². The van der Waals surface area contributed by atoms with Gasteiger partial charge in [0, 0.05) is 17.1 Å². The van der Waals surface area contributed by atoms with Crippen LogP contribution in [-0.4, -0.2) is 22.3 Å². The minimum absolute atomic E-state index is 0.643. The predicted octanol–water partition coefficient (Wildman–Crippen LogP) is 3.53. The Kier molecular flexibility index (Phi) is 5.59. The summed E-state index contributed by atoms with van der Waals surface area (Å²) in [7, 11) is 0. The van der Waals surface area contributed by atoms with E-state index >= 15 is 0 Å². The van der Waals surface area contributed by atoms with Gasteiger partial charge < -0.3 is 4.74 Å². The molecule has 0 aliphatic rings. The van der Waals surface area contributed by atoms with E-state index in [4.69, 9.17) is 10.00 Å². The van der Waals surface area contributed by atoms with Gasteiger partial charge in [0.2, 0.25) is 0 Å². The van der Waals surface area contributed by atoms with Gasteiger partial charge in [0.05, 0.1) is 18.2 Å². The molecule has 0 aliphatic carbocycles. The van der Waals surface area contributed by atoms with Crippen molar-refractivity contribution in [3.05, 3.63) is 47.3 Å². The van der Waals surface area contributed by atoms with Crippen molar-refractivity contribution in [1.82, 2.24) is 9.97 Å². The number of rotatable bonds is 6. The summed E-state index contributed by atoms with van der Waals surface area (Å²) in [5.41, 5.74) is 2.64. The number of nitrogens with zero attached hydrogens (tertiary/aromatic N) is 3. The Morgan fingerprint density at radius 3 is 2.43 bits per heavy atom. The van der Waals surface area contributed by atoms with Gasteiger partial charge in [-0.05, 0) is 50.6 Å². The van der Waals surface area contributed by atoms with Crippen LogP contribution in [0.15, 0.2) is 35.5 Å². The lowest BCUT2D eigenvalue weighted by Gasteiger charge is -2.06. The molecule has 0 amide bonds. The minimum atomic E-state index is 0.643. The summed E-state index contributed by atoms with van der Waals surface area (Å²) >= 11 is 1.64. The van der Waals surface area contributed by atoms with Crippen LogP contribution < -0.4 is 4.74 Å². The Balaban J connectivity index is 1.71. The van der Waals surface area contributed by atoms with Crippen molar-refractivity contribution in [3.8, 4) is 11.8 Å². The van der Waals surface area contributed by atoms with Gasteiger partial charge in [0.25, 0.3) is 0 Å². The largest absolute Gasteiger partial charge is 0.494 e. The molecule has 2 rings (SSSR count). The molecule has 108 valence electrons. The van der Waals surface area contributed by atoms with Crippen LogP contribution in [0.5, 0.6) is 5.75 Å². The zero-order valence-electron chi connectivity index (χ0n) is 12.2. The summed E-state index contributed by atoms with van der Waals surface area (Å²) < 4.78 is 5.63. The second kappa shape index (κ2) is 7.65. The molecular weight excluding hydrogens is 282 g/mol. The van der Waals surface area contributed by atoms with Gasteiger partial charge in [-0.15, -0.1) is 0 Å². The predicted molar refractivity (Wildman–Crippen MR) is 83.5 cm³/mol. The monoisotopic (exact) mass is 299 g/mol. The summed E-state index contributed by atoms with van der Waals surface area (Å²) in [5, 5.41) is 9.54. The van der Waals surface area contributed by atoms with Gasteiger partial charge in [-0.3, -0.25) is 0 Å². The first-order valence-corrected chi connectivity index (χ1v) is 7.74. The van der Waals surface area contributed by atoms with Gasteiger partial charge in [0.15, 0.2) is 5.16 Å². The van der Waals surface area contributed by atoms with Crippen LogP contribution >= 0.6 is 11.8 Å². The van der Waals surface area contributed by atoms with Crippen LogP contribution in [-0.2, 0) is 0 Å². The van der Waals surface area contributed by atoms with E-state index in [1.165, 1.54) is 0 Å². The highest BCUT2D eigenvalue weighted by Gasteiger charge is 2.01. The van der Waals surface area contributed by atoms with E-state index in [0.29, 0.717) is 12.2 Å². The molecule has 1 aromatic carbocycles. The molecule has 0 N–H and O–H groups in total. The van der Waals surface area contributed by atoms with Gasteiger partial charge in [0.1, 0.15) is 5.75 Å². The van der Waals surface area contributed by atoms with E-state index in [2.05, 4.69) is 16.0 Å². The standard InChI is InChI=1S/C16H17N3OS/c1-12-10-13(2)19-16(18-12)21-9-3-8-20-15-6-4-14(11-17)5-7-15/h4-7,10H,3,8-9H2,1-2H3. The van der Waals surface area contributed by atoms with E-state index in [1.807, 2.05) is 32.0 Å². The molecule has 1 aromatic heterocycles. The van der Waals surface area contributed by atoms with Crippen LogP contribution in [0, 0.1) is 25.2 Å². The maximum Gasteiger partial charge on any atom is 0.187 e. The summed E-state index contributed by atoms with van der Waals surface area (Å²) in [6.07, 6.45) is 0.918. The molecule has 0 spiro atoms. The first-order valence-electron chi connectivity index (χ1n) is 6.75. The molecule has 0 fully saturated rings. The van der Waals surface area contributed by atoms with Gasteiger partial charge in [-0.2, -0.15) is 5.26 Å². The molecule has 0 saturated heterocycles. The van der Waals surface area contributed by atoms with Crippen molar-refractivity contribution in [1.29, 1.82) is 5.26 Å². The van der Waals surface area contributed by atoms with Crippen molar-refractivity contribution < 1.29 is 4.74 Å². The number of aryl methyl sites for hydroxylation is 2. The Hall–Kier alpha value is -2.06. The second-order valence-corrected chi connectivity index (χ2v) is 5.68. The fourth-order valence-corrected chi connectivity index (χ4v) is 2.66. The smallest absolute Gasteiger partial charge is 0.187 e. The van der Waals surface area contributed by atoms with Gasteiger partial charge in [-0.25, -0.2) is 9.97 Å².